The minimum Gasteiger partial charge on any atom is -0.295 e. The maximum Gasteiger partial charge on any atom is 0.446 e. The van der Waals surface area contributed by atoms with Crippen molar-refractivity contribution in [2.45, 2.75) is 6.42 Å². The Morgan fingerprint density at radius 1 is 1.69 bits per heavy atom. The summed E-state index contributed by atoms with van der Waals surface area (Å²) < 4.78 is 1.39. The van der Waals surface area contributed by atoms with Crippen LogP contribution in [0.2, 0.25) is 0 Å². The lowest BCUT2D eigenvalue weighted by Gasteiger charge is -2.10. The monoisotopic (exact) mass is 299 g/mol. The first-order valence-electron chi connectivity index (χ1n) is 4.00. The van der Waals surface area contributed by atoms with E-state index in [1.165, 1.54) is 26.1 Å². The molecule has 5 nitrogen and oxygen atoms in total. The van der Waals surface area contributed by atoms with E-state index < -0.39 is 6.09 Å². The van der Waals surface area contributed by atoms with Crippen molar-refractivity contribution in [1.82, 2.24) is 4.31 Å². The van der Waals surface area contributed by atoms with Gasteiger partial charge in [0, 0.05) is 30.2 Å². The van der Waals surface area contributed by atoms with Gasteiger partial charge in [-0.2, -0.15) is 5.26 Å². The van der Waals surface area contributed by atoms with Crippen LogP contribution in [-0.2, 0) is 4.84 Å². The minimum absolute atomic E-state index is 0.103. The fourth-order valence-corrected chi connectivity index (χ4v) is 2.37. The van der Waals surface area contributed by atoms with Crippen LogP contribution in [0.5, 0.6) is 0 Å². The van der Waals surface area contributed by atoms with Gasteiger partial charge in [0.05, 0.1) is 6.07 Å². The van der Waals surface area contributed by atoms with Crippen LogP contribution < -0.4 is 0 Å². The van der Waals surface area contributed by atoms with Crippen LogP contribution in [0.25, 0.3) is 0 Å². The Hall–Kier alpha value is -0.230. The van der Waals surface area contributed by atoms with Crippen molar-refractivity contribution in [2.24, 2.45) is 5.16 Å². The first-order chi connectivity index (χ1) is 7.61. The smallest absolute Gasteiger partial charge is 0.295 e. The second-order valence-corrected chi connectivity index (χ2v) is 6.34. The second-order valence-electron chi connectivity index (χ2n) is 2.20. The number of oxime groups is 1. The number of halogens is 1. The highest BCUT2D eigenvalue weighted by Gasteiger charge is 2.10. The molecule has 16 heavy (non-hydrogen) atoms. The van der Waals surface area contributed by atoms with Gasteiger partial charge in [0.15, 0.2) is 0 Å². The molecule has 0 N–H and O–H groups in total. The topological polar surface area (TPSA) is 65.7 Å². The van der Waals surface area contributed by atoms with Gasteiger partial charge in [-0.3, -0.25) is 4.84 Å². The van der Waals surface area contributed by atoms with Crippen LogP contribution in [0.4, 0.5) is 4.79 Å². The van der Waals surface area contributed by atoms with Crippen molar-refractivity contribution in [2.75, 3.05) is 19.1 Å². The Labute approximate surface area is 111 Å². The molecule has 0 heterocycles. The van der Waals surface area contributed by atoms with Crippen LogP contribution in [0.3, 0.4) is 0 Å². The molecule has 0 unspecified atom stereocenters. The number of carbonyl (C=O) groups is 1. The summed E-state index contributed by atoms with van der Waals surface area (Å²) in [6, 6.07) is 1.97. The first-order valence-corrected chi connectivity index (χ1v) is 7.88. The van der Waals surface area contributed by atoms with E-state index in [2.05, 4.69) is 9.99 Å². The van der Waals surface area contributed by atoms with Crippen LogP contribution in [0.1, 0.15) is 6.42 Å². The molecule has 1 amide bonds. The normalized spacial score (nSPS) is 10.8. The van der Waals surface area contributed by atoms with Crippen molar-refractivity contribution in [3.05, 3.63) is 0 Å². The van der Waals surface area contributed by atoms with E-state index in [1.54, 1.807) is 7.05 Å². The number of thioether (sulfide) groups is 1. The average molecular weight is 300 g/mol. The summed E-state index contributed by atoms with van der Waals surface area (Å²) in [6.07, 6.45) is 1.60. The predicted molar refractivity (Wildman–Crippen MR) is 71.3 cm³/mol. The molecule has 0 aliphatic heterocycles. The molecule has 0 spiro atoms. The summed E-state index contributed by atoms with van der Waals surface area (Å²) in [7, 11) is 4.20. The lowest BCUT2D eigenvalue weighted by Crippen LogP contribution is -2.17. The van der Waals surface area contributed by atoms with Gasteiger partial charge in [-0.25, -0.2) is 9.10 Å². The molecule has 90 valence electrons. The molecule has 0 saturated carbocycles. The van der Waals surface area contributed by atoms with Gasteiger partial charge < -0.3 is 0 Å². The Kier molecular flexibility index (Phi) is 9.82. The minimum atomic E-state index is -0.599. The van der Waals surface area contributed by atoms with Crippen molar-refractivity contribution in [1.29, 1.82) is 5.26 Å². The zero-order valence-corrected chi connectivity index (χ0v) is 11.9. The van der Waals surface area contributed by atoms with Crippen LogP contribution in [-0.4, -0.2) is 34.0 Å². The van der Waals surface area contributed by atoms with Crippen LogP contribution in [0.15, 0.2) is 5.16 Å². The standard InChI is InChI=1S/C7H10ClN3O2S3/c1-11(16-14-2)7(12)13-10-6(8)15-5-3-4-9/h3,5H2,1-2H3. The number of nitriles is 1. The third-order valence-electron chi connectivity index (χ3n) is 1.07. The van der Waals surface area contributed by atoms with Gasteiger partial charge >= 0.3 is 6.09 Å². The van der Waals surface area contributed by atoms with Gasteiger partial charge in [-0.1, -0.05) is 39.3 Å². The molecule has 0 aliphatic carbocycles. The van der Waals surface area contributed by atoms with Gasteiger partial charge in [0.2, 0.25) is 4.50 Å². The van der Waals surface area contributed by atoms with Crippen molar-refractivity contribution >= 4 is 55.7 Å². The van der Waals surface area contributed by atoms with Gasteiger partial charge in [0.25, 0.3) is 0 Å². The Balaban J connectivity index is 3.87. The van der Waals surface area contributed by atoms with E-state index in [1.807, 2.05) is 12.3 Å². The SMILES string of the molecule is CSSN(C)C(=O)ON=C(Cl)SCCC#N. The Bertz CT molecular complexity index is 295. The van der Waals surface area contributed by atoms with E-state index in [9.17, 15) is 4.79 Å². The predicted octanol–water partition coefficient (Wildman–Crippen LogP) is 3.14. The highest BCUT2D eigenvalue weighted by Crippen LogP contribution is 2.21. The molecule has 0 aliphatic rings. The Morgan fingerprint density at radius 3 is 2.94 bits per heavy atom. The quantitative estimate of drug-likeness (QED) is 0.148. The Morgan fingerprint density at radius 2 is 2.38 bits per heavy atom. The number of nitrogens with zero attached hydrogens (tertiary/aromatic N) is 3. The van der Waals surface area contributed by atoms with Gasteiger partial charge in [0.1, 0.15) is 0 Å². The zero-order chi connectivity index (χ0) is 12.4. The molecular weight excluding hydrogens is 290 g/mol. The third kappa shape index (κ3) is 7.98. The summed E-state index contributed by atoms with van der Waals surface area (Å²) in [5.41, 5.74) is 0. The number of rotatable bonds is 5. The van der Waals surface area contributed by atoms with Crippen molar-refractivity contribution in [3.63, 3.8) is 0 Å². The summed E-state index contributed by atoms with van der Waals surface area (Å²) in [5.74, 6) is 0.520. The molecule has 0 aromatic carbocycles. The zero-order valence-electron chi connectivity index (χ0n) is 8.68. The lowest BCUT2D eigenvalue weighted by molar-refractivity contribution is 0.138. The average Bonchev–Trinajstić information content (AvgIpc) is 2.26. The van der Waals surface area contributed by atoms with E-state index in [4.69, 9.17) is 16.9 Å². The lowest BCUT2D eigenvalue weighted by atomic mass is 10.6. The maximum absolute atomic E-state index is 11.2. The molecule has 0 radical (unpaired) electrons. The number of carbonyl (C=O) groups excluding carboxylic acids is 1. The van der Waals surface area contributed by atoms with Crippen LogP contribution in [0, 0.1) is 11.3 Å². The summed E-state index contributed by atoms with van der Waals surface area (Å²) in [5, 5.41) is 11.7. The molecule has 0 saturated heterocycles. The molecule has 0 aromatic rings. The van der Waals surface area contributed by atoms with E-state index in [-0.39, 0.29) is 4.50 Å². The first kappa shape index (κ1) is 15.8. The molecule has 0 aromatic heterocycles. The highest BCUT2D eigenvalue weighted by atomic mass is 35.5. The molecule has 0 bridgehead atoms. The third-order valence-corrected chi connectivity index (χ3v) is 3.83. The van der Waals surface area contributed by atoms with Gasteiger partial charge in [-0.05, 0) is 6.26 Å². The molecule has 0 rings (SSSR count). The van der Waals surface area contributed by atoms with Crippen molar-refractivity contribution in [3.8, 4) is 6.07 Å². The van der Waals surface area contributed by atoms with E-state index >= 15 is 0 Å². The fourth-order valence-electron chi connectivity index (χ4n) is 0.482. The summed E-state index contributed by atoms with van der Waals surface area (Å²) in [4.78, 5) is 15.8. The molecule has 0 atom stereocenters. The number of amides is 1. The molecular formula is C7H10ClN3O2S3. The van der Waals surface area contributed by atoms with Crippen LogP contribution >= 0.6 is 45.1 Å². The number of hydrogen-bond acceptors (Lipinski definition) is 7. The van der Waals surface area contributed by atoms with E-state index in [0.717, 1.165) is 11.8 Å². The molecule has 9 heteroatoms. The summed E-state index contributed by atoms with van der Waals surface area (Å²) >= 11 is 6.79. The fraction of sp³-hybridized carbons (Fsp3) is 0.571. The van der Waals surface area contributed by atoms with Crippen molar-refractivity contribution < 1.29 is 9.63 Å². The van der Waals surface area contributed by atoms with Gasteiger partial charge in [-0.15, -0.1) is 0 Å². The second kappa shape index (κ2) is 9.96. The van der Waals surface area contributed by atoms with E-state index in [0.29, 0.717) is 12.2 Å². The highest BCUT2D eigenvalue weighted by molar-refractivity contribution is 8.75. The maximum atomic E-state index is 11.2. The largest absolute Gasteiger partial charge is 0.446 e. The molecule has 0 fully saturated rings. The number of hydrogen-bond donors (Lipinski definition) is 0. The summed E-state index contributed by atoms with van der Waals surface area (Å²) in [6.45, 7) is 0.